The second kappa shape index (κ2) is 4.28. The number of carbonyl (C=O) groups is 1. The fourth-order valence-electron chi connectivity index (χ4n) is 1.71. The van der Waals surface area contributed by atoms with E-state index in [9.17, 15) is 9.90 Å². The Balaban J connectivity index is 2.03. The van der Waals surface area contributed by atoms with Crippen LogP contribution >= 0.6 is 11.3 Å². The van der Waals surface area contributed by atoms with Crippen molar-refractivity contribution in [1.29, 1.82) is 0 Å². The summed E-state index contributed by atoms with van der Waals surface area (Å²) in [4.78, 5) is 17.5. The van der Waals surface area contributed by atoms with Crippen LogP contribution in [0.15, 0.2) is 10.9 Å². The Morgan fingerprint density at radius 3 is 3.13 bits per heavy atom. The predicted octanol–water partition coefficient (Wildman–Crippen LogP) is 0.986. The first-order valence-corrected chi connectivity index (χ1v) is 5.98. The van der Waals surface area contributed by atoms with Crippen LogP contribution in [0.3, 0.4) is 0 Å². The molecule has 1 fully saturated rings. The smallest absolute Gasteiger partial charge is 0.273 e. The summed E-state index contributed by atoms with van der Waals surface area (Å²) >= 11 is 1.41. The molecule has 1 aromatic rings. The molecule has 1 aromatic heterocycles. The van der Waals surface area contributed by atoms with Gasteiger partial charge >= 0.3 is 0 Å². The van der Waals surface area contributed by atoms with Gasteiger partial charge < -0.3 is 10.0 Å². The topological polar surface area (TPSA) is 53.4 Å². The minimum absolute atomic E-state index is 0.0674. The molecular weight excluding hydrogens is 212 g/mol. The summed E-state index contributed by atoms with van der Waals surface area (Å²) in [5, 5.41) is 11.4. The number of rotatable bonds is 1. The summed E-state index contributed by atoms with van der Waals surface area (Å²) in [7, 11) is 0. The van der Waals surface area contributed by atoms with E-state index >= 15 is 0 Å². The Kier molecular flexibility index (Phi) is 3.02. The number of aliphatic hydroxyl groups excluding tert-OH is 1. The number of aromatic nitrogens is 1. The Labute approximate surface area is 92.6 Å². The Bertz CT molecular complexity index is 339. The van der Waals surface area contributed by atoms with Crippen molar-refractivity contribution >= 4 is 17.2 Å². The molecule has 0 bridgehead atoms. The van der Waals surface area contributed by atoms with Gasteiger partial charge in [-0.2, -0.15) is 0 Å². The maximum absolute atomic E-state index is 11.9. The zero-order valence-corrected chi connectivity index (χ0v) is 9.41. The summed E-state index contributed by atoms with van der Waals surface area (Å²) in [5.41, 5.74) is 2.14. The van der Waals surface area contributed by atoms with E-state index in [1.54, 1.807) is 15.8 Å². The number of β-amino-alcohol motifs (C(OH)–C–C–N with tert-alkyl or cyclic N) is 1. The number of amides is 1. The van der Waals surface area contributed by atoms with Gasteiger partial charge in [-0.3, -0.25) is 4.79 Å². The Hall–Kier alpha value is -0.940. The second-order valence-electron chi connectivity index (χ2n) is 3.96. The van der Waals surface area contributed by atoms with Crippen LogP contribution in [0.1, 0.15) is 23.8 Å². The molecule has 0 radical (unpaired) electrons. The molecule has 2 rings (SSSR count). The van der Waals surface area contributed by atoms with Gasteiger partial charge in [0.2, 0.25) is 0 Å². The lowest BCUT2D eigenvalue weighted by Gasteiger charge is -2.33. The van der Waals surface area contributed by atoms with Crippen LogP contribution in [0.2, 0.25) is 0 Å². The van der Waals surface area contributed by atoms with Gasteiger partial charge in [-0.15, -0.1) is 11.3 Å². The highest BCUT2D eigenvalue weighted by Gasteiger charge is 2.28. The predicted molar refractivity (Wildman–Crippen MR) is 57.8 cm³/mol. The van der Waals surface area contributed by atoms with Gasteiger partial charge in [0.05, 0.1) is 11.6 Å². The maximum atomic E-state index is 11.9. The highest BCUT2D eigenvalue weighted by atomic mass is 32.1. The van der Waals surface area contributed by atoms with Crippen molar-refractivity contribution in [3.63, 3.8) is 0 Å². The standard InChI is InChI=1S/C10H14N2O2S/c1-7-2-3-12(4-9(7)13)10(14)8-5-15-6-11-8/h5-7,9,13H,2-4H2,1H3. The largest absolute Gasteiger partial charge is 0.391 e. The monoisotopic (exact) mass is 226 g/mol. The SMILES string of the molecule is CC1CCN(C(=O)c2cscn2)CC1O. The number of hydrogen-bond donors (Lipinski definition) is 1. The van der Waals surface area contributed by atoms with E-state index in [1.807, 2.05) is 6.92 Å². The second-order valence-corrected chi connectivity index (χ2v) is 4.68. The number of aliphatic hydroxyl groups is 1. The van der Waals surface area contributed by atoms with E-state index in [0.29, 0.717) is 18.8 Å². The molecule has 0 aromatic carbocycles. The van der Waals surface area contributed by atoms with Crippen molar-refractivity contribution in [1.82, 2.24) is 9.88 Å². The highest BCUT2D eigenvalue weighted by Crippen LogP contribution is 2.18. The number of carbonyl (C=O) groups excluding carboxylic acids is 1. The first kappa shape index (κ1) is 10.6. The van der Waals surface area contributed by atoms with Crippen LogP contribution < -0.4 is 0 Å². The van der Waals surface area contributed by atoms with Gasteiger partial charge in [0, 0.05) is 18.5 Å². The van der Waals surface area contributed by atoms with Crippen molar-refractivity contribution < 1.29 is 9.90 Å². The molecule has 1 N–H and O–H groups in total. The molecule has 2 unspecified atom stereocenters. The zero-order valence-electron chi connectivity index (χ0n) is 8.59. The van der Waals surface area contributed by atoms with Gasteiger partial charge in [-0.25, -0.2) is 4.98 Å². The Morgan fingerprint density at radius 1 is 1.73 bits per heavy atom. The van der Waals surface area contributed by atoms with Crippen LogP contribution in [-0.2, 0) is 0 Å². The molecule has 0 spiro atoms. The molecular formula is C10H14N2O2S. The third kappa shape index (κ3) is 2.18. The molecule has 1 aliphatic rings. The van der Waals surface area contributed by atoms with Gasteiger partial charge in [0.15, 0.2) is 0 Å². The van der Waals surface area contributed by atoms with E-state index in [1.165, 1.54) is 11.3 Å². The summed E-state index contributed by atoms with van der Waals surface area (Å²) in [6.45, 7) is 3.15. The van der Waals surface area contributed by atoms with Crippen LogP contribution in [0.25, 0.3) is 0 Å². The molecule has 82 valence electrons. The lowest BCUT2D eigenvalue weighted by Crippen LogP contribution is -2.45. The molecule has 0 aliphatic carbocycles. The summed E-state index contributed by atoms with van der Waals surface area (Å²) < 4.78 is 0. The van der Waals surface area contributed by atoms with Crippen molar-refractivity contribution in [2.45, 2.75) is 19.4 Å². The van der Waals surface area contributed by atoms with Gasteiger partial charge in [0.1, 0.15) is 5.69 Å². The van der Waals surface area contributed by atoms with Gasteiger partial charge in [-0.05, 0) is 12.3 Å². The highest BCUT2D eigenvalue weighted by molar-refractivity contribution is 7.07. The number of hydrogen-bond acceptors (Lipinski definition) is 4. The summed E-state index contributed by atoms with van der Waals surface area (Å²) in [5.74, 6) is 0.215. The van der Waals surface area contributed by atoms with Crippen LogP contribution in [0.4, 0.5) is 0 Å². The van der Waals surface area contributed by atoms with Crippen LogP contribution in [-0.4, -0.2) is 40.1 Å². The average Bonchev–Trinajstić information content (AvgIpc) is 2.74. The zero-order chi connectivity index (χ0) is 10.8. The van der Waals surface area contributed by atoms with Crippen molar-refractivity contribution in [2.75, 3.05) is 13.1 Å². The normalized spacial score (nSPS) is 26.7. The maximum Gasteiger partial charge on any atom is 0.273 e. The molecule has 1 amide bonds. The number of thiazole rings is 1. The molecule has 0 saturated carbocycles. The quantitative estimate of drug-likeness (QED) is 0.777. The first-order valence-electron chi connectivity index (χ1n) is 5.04. The van der Waals surface area contributed by atoms with Crippen molar-refractivity contribution in [3.05, 3.63) is 16.6 Å². The Morgan fingerprint density at radius 2 is 2.53 bits per heavy atom. The number of nitrogens with zero attached hydrogens (tertiary/aromatic N) is 2. The van der Waals surface area contributed by atoms with Gasteiger partial charge in [-0.1, -0.05) is 6.92 Å². The number of piperidine rings is 1. The minimum Gasteiger partial charge on any atom is -0.391 e. The van der Waals surface area contributed by atoms with E-state index < -0.39 is 6.10 Å². The molecule has 1 saturated heterocycles. The minimum atomic E-state index is -0.402. The lowest BCUT2D eigenvalue weighted by atomic mass is 9.96. The number of likely N-dealkylation sites (tertiary alicyclic amines) is 1. The fourth-order valence-corrected chi connectivity index (χ4v) is 2.24. The van der Waals surface area contributed by atoms with E-state index in [-0.39, 0.29) is 11.8 Å². The molecule has 4 nitrogen and oxygen atoms in total. The fraction of sp³-hybridized carbons (Fsp3) is 0.600. The third-order valence-electron chi connectivity index (χ3n) is 2.86. The van der Waals surface area contributed by atoms with Gasteiger partial charge in [0.25, 0.3) is 5.91 Å². The van der Waals surface area contributed by atoms with E-state index in [4.69, 9.17) is 0 Å². The first-order chi connectivity index (χ1) is 7.18. The molecule has 1 aliphatic heterocycles. The van der Waals surface area contributed by atoms with Crippen molar-refractivity contribution in [3.8, 4) is 0 Å². The third-order valence-corrected chi connectivity index (χ3v) is 3.44. The van der Waals surface area contributed by atoms with E-state index in [0.717, 1.165) is 6.42 Å². The van der Waals surface area contributed by atoms with Crippen LogP contribution in [0, 0.1) is 5.92 Å². The summed E-state index contributed by atoms with van der Waals surface area (Å²) in [6.07, 6.45) is 0.457. The van der Waals surface area contributed by atoms with E-state index in [2.05, 4.69) is 4.98 Å². The summed E-state index contributed by atoms with van der Waals surface area (Å²) in [6, 6.07) is 0. The molecule has 5 heteroatoms. The molecule has 15 heavy (non-hydrogen) atoms. The molecule has 2 heterocycles. The lowest BCUT2D eigenvalue weighted by molar-refractivity contribution is 0.0245. The van der Waals surface area contributed by atoms with Crippen LogP contribution in [0.5, 0.6) is 0 Å². The average molecular weight is 226 g/mol. The van der Waals surface area contributed by atoms with Crippen molar-refractivity contribution in [2.24, 2.45) is 5.92 Å². The molecule has 2 atom stereocenters.